The maximum Gasteiger partial charge on any atom is 0.264 e. The molecule has 0 bridgehead atoms. The van der Waals surface area contributed by atoms with Gasteiger partial charge in [-0.2, -0.15) is 5.10 Å². The van der Waals surface area contributed by atoms with Crippen molar-refractivity contribution in [2.75, 3.05) is 6.54 Å². The van der Waals surface area contributed by atoms with Gasteiger partial charge in [0.25, 0.3) is 11.4 Å². The summed E-state index contributed by atoms with van der Waals surface area (Å²) in [7, 11) is 1.71. The Morgan fingerprint density at radius 1 is 1.34 bits per heavy atom. The maximum atomic E-state index is 12.9. The summed E-state index contributed by atoms with van der Waals surface area (Å²) >= 11 is 1.50. The first-order valence-corrected chi connectivity index (χ1v) is 9.96. The van der Waals surface area contributed by atoms with Crippen molar-refractivity contribution in [2.24, 2.45) is 7.05 Å². The lowest BCUT2D eigenvalue weighted by atomic mass is 10.3. The third kappa shape index (κ3) is 3.81. The smallest absolute Gasteiger partial charge is 0.264 e. The third-order valence-electron chi connectivity index (χ3n) is 4.39. The van der Waals surface area contributed by atoms with E-state index < -0.39 is 0 Å². The normalized spacial score (nSPS) is 11.2. The van der Waals surface area contributed by atoms with Crippen LogP contribution in [0.4, 0.5) is 0 Å². The number of carbonyl (C=O) groups excluding carboxylic acids is 1. The molecule has 1 amide bonds. The molecule has 4 rings (SSSR count). The zero-order valence-electron chi connectivity index (χ0n) is 16.0. The van der Waals surface area contributed by atoms with Gasteiger partial charge in [0.2, 0.25) is 11.8 Å². The summed E-state index contributed by atoms with van der Waals surface area (Å²) in [6, 6.07) is 3.80. The quantitative estimate of drug-likeness (QED) is 0.453. The highest BCUT2D eigenvalue weighted by Gasteiger charge is 2.19. The van der Waals surface area contributed by atoms with Gasteiger partial charge in [0, 0.05) is 13.6 Å². The van der Waals surface area contributed by atoms with E-state index in [-0.39, 0.29) is 24.6 Å². The van der Waals surface area contributed by atoms with E-state index in [0.717, 1.165) is 11.3 Å². The van der Waals surface area contributed by atoms with E-state index in [4.69, 9.17) is 4.42 Å². The molecule has 0 saturated carbocycles. The average molecular weight is 413 g/mol. The molecule has 4 heterocycles. The molecule has 4 aromatic rings. The lowest BCUT2D eigenvalue weighted by molar-refractivity contribution is -0.132. The zero-order chi connectivity index (χ0) is 20.4. The summed E-state index contributed by atoms with van der Waals surface area (Å²) in [4.78, 5) is 32.2. The number of fused-ring (bicyclic) bond motifs is 1. The van der Waals surface area contributed by atoms with E-state index >= 15 is 0 Å². The molecule has 0 saturated heterocycles. The van der Waals surface area contributed by atoms with Crippen LogP contribution in [0.5, 0.6) is 0 Å². The summed E-state index contributed by atoms with van der Waals surface area (Å²) in [6.07, 6.45) is 3.59. The summed E-state index contributed by atoms with van der Waals surface area (Å²) in [5.41, 5.74) is 0.182. The van der Waals surface area contributed by atoms with Crippen LogP contribution >= 0.6 is 11.3 Å². The Labute approximate surface area is 169 Å². The molecule has 0 fully saturated rings. The van der Waals surface area contributed by atoms with Crippen LogP contribution in [0.25, 0.3) is 21.8 Å². The second-order valence-electron chi connectivity index (χ2n) is 6.48. The molecular weight excluding hydrogens is 394 g/mol. The number of amides is 1. The maximum absolute atomic E-state index is 12.9. The lowest BCUT2D eigenvalue weighted by Crippen LogP contribution is -2.36. The first-order chi connectivity index (χ1) is 14.1. The Morgan fingerprint density at radius 3 is 2.97 bits per heavy atom. The predicted octanol–water partition coefficient (Wildman–Crippen LogP) is 1.68. The van der Waals surface area contributed by atoms with Crippen LogP contribution in [0.1, 0.15) is 19.2 Å². The molecule has 150 valence electrons. The van der Waals surface area contributed by atoms with Gasteiger partial charge < -0.3 is 9.32 Å². The number of aromatic nitrogens is 6. The highest BCUT2D eigenvalue weighted by molar-refractivity contribution is 7.13. The van der Waals surface area contributed by atoms with Gasteiger partial charge in [-0.1, -0.05) is 13.0 Å². The molecule has 0 aliphatic heterocycles. The summed E-state index contributed by atoms with van der Waals surface area (Å²) in [5.74, 6) is 0.555. The Bertz CT molecular complexity index is 1190. The van der Waals surface area contributed by atoms with E-state index in [9.17, 15) is 9.59 Å². The van der Waals surface area contributed by atoms with E-state index in [0.29, 0.717) is 29.4 Å². The highest BCUT2D eigenvalue weighted by Crippen LogP contribution is 2.23. The molecule has 0 aliphatic rings. The van der Waals surface area contributed by atoms with E-state index in [2.05, 4.69) is 20.3 Å². The standard InChI is InChI=1S/C18H19N7O3S/c1-3-6-24(9-14-21-22-17(28-14)13-5-4-7-29-13)15(26)10-25-11-19-16-12(18(25)27)8-20-23(16)2/h4-5,7-8,11H,3,6,9-10H2,1-2H3. The van der Waals surface area contributed by atoms with Crippen LogP contribution < -0.4 is 5.56 Å². The first-order valence-electron chi connectivity index (χ1n) is 9.08. The number of rotatable bonds is 7. The molecule has 11 heteroatoms. The SMILES string of the molecule is CCCN(Cc1nnc(-c2cccs2)o1)C(=O)Cn1cnc2c(cnn2C)c1=O. The van der Waals surface area contributed by atoms with Crippen molar-refractivity contribution in [3.63, 3.8) is 0 Å². The number of carbonyl (C=O) groups is 1. The topological polar surface area (TPSA) is 112 Å². The van der Waals surface area contributed by atoms with E-state index in [1.165, 1.54) is 33.1 Å². The second kappa shape index (κ2) is 7.95. The molecule has 0 atom stereocenters. The van der Waals surface area contributed by atoms with Crippen molar-refractivity contribution in [2.45, 2.75) is 26.4 Å². The van der Waals surface area contributed by atoms with Gasteiger partial charge in [-0.25, -0.2) is 4.98 Å². The minimum atomic E-state index is -0.300. The molecular formula is C18H19N7O3S. The molecule has 0 unspecified atom stereocenters. The fourth-order valence-electron chi connectivity index (χ4n) is 2.97. The zero-order valence-corrected chi connectivity index (χ0v) is 16.8. The van der Waals surface area contributed by atoms with Gasteiger partial charge in [-0.05, 0) is 17.9 Å². The number of hydrogen-bond donors (Lipinski definition) is 0. The summed E-state index contributed by atoms with van der Waals surface area (Å²) < 4.78 is 8.50. The number of thiophene rings is 1. The largest absolute Gasteiger partial charge is 0.418 e. The summed E-state index contributed by atoms with van der Waals surface area (Å²) in [6.45, 7) is 2.54. The minimum absolute atomic E-state index is 0.122. The lowest BCUT2D eigenvalue weighted by Gasteiger charge is -2.20. The van der Waals surface area contributed by atoms with Crippen molar-refractivity contribution in [1.82, 2.24) is 34.4 Å². The van der Waals surface area contributed by atoms with Crippen LogP contribution in [0.2, 0.25) is 0 Å². The van der Waals surface area contributed by atoms with Gasteiger partial charge in [-0.3, -0.25) is 18.8 Å². The number of nitrogens with zero attached hydrogens (tertiary/aromatic N) is 7. The van der Waals surface area contributed by atoms with Gasteiger partial charge in [0.05, 0.1) is 17.6 Å². The summed E-state index contributed by atoms with van der Waals surface area (Å²) in [5, 5.41) is 14.4. The molecule has 0 radical (unpaired) electrons. The monoisotopic (exact) mass is 413 g/mol. The predicted molar refractivity (Wildman–Crippen MR) is 106 cm³/mol. The van der Waals surface area contributed by atoms with Crippen LogP contribution in [0.3, 0.4) is 0 Å². The molecule has 10 nitrogen and oxygen atoms in total. The molecule has 0 N–H and O–H groups in total. The fraction of sp³-hybridized carbons (Fsp3) is 0.333. The Hall–Kier alpha value is -3.34. The van der Waals surface area contributed by atoms with E-state index in [1.54, 1.807) is 11.9 Å². The number of aryl methyl sites for hydroxylation is 1. The molecule has 4 aromatic heterocycles. The van der Waals surface area contributed by atoms with Crippen molar-refractivity contribution in [3.05, 3.63) is 46.3 Å². The molecule has 0 spiro atoms. The van der Waals surface area contributed by atoms with Gasteiger partial charge in [-0.15, -0.1) is 21.5 Å². The van der Waals surface area contributed by atoms with Crippen molar-refractivity contribution in [3.8, 4) is 10.8 Å². The molecule has 0 aliphatic carbocycles. The Morgan fingerprint density at radius 2 is 2.21 bits per heavy atom. The number of hydrogen-bond acceptors (Lipinski definition) is 8. The Balaban J connectivity index is 1.52. The van der Waals surface area contributed by atoms with Crippen molar-refractivity contribution in [1.29, 1.82) is 0 Å². The second-order valence-corrected chi connectivity index (χ2v) is 7.42. The van der Waals surface area contributed by atoms with Gasteiger partial charge in [0.1, 0.15) is 18.3 Å². The first kappa shape index (κ1) is 19.0. The highest BCUT2D eigenvalue weighted by atomic mass is 32.1. The molecule has 0 aromatic carbocycles. The fourth-order valence-corrected chi connectivity index (χ4v) is 3.61. The average Bonchev–Trinajstić information content (AvgIpc) is 3.45. The van der Waals surface area contributed by atoms with Crippen LogP contribution in [-0.4, -0.2) is 46.9 Å². The van der Waals surface area contributed by atoms with Crippen molar-refractivity contribution >= 4 is 28.3 Å². The van der Waals surface area contributed by atoms with Gasteiger partial charge >= 0.3 is 0 Å². The third-order valence-corrected chi connectivity index (χ3v) is 5.25. The Kier molecular flexibility index (Phi) is 5.21. The van der Waals surface area contributed by atoms with Crippen LogP contribution in [0.15, 0.2) is 39.2 Å². The minimum Gasteiger partial charge on any atom is -0.418 e. The molecule has 29 heavy (non-hydrogen) atoms. The van der Waals surface area contributed by atoms with Crippen molar-refractivity contribution < 1.29 is 9.21 Å². The van der Waals surface area contributed by atoms with Crippen LogP contribution in [0, 0.1) is 0 Å². The van der Waals surface area contributed by atoms with E-state index in [1.807, 2.05) is 24.4 Å². The van der Waals surface area contributed by atoms with Crippen LogP contribution in [-0.2, 0) is 24.9 Å². The van der Waals surface area contributed by atoms with Gasteiger partial charge in [0.15, 0.2) is 5.65 Å².